The van der Waals surface area contributed by atoms with E-state index in [0.717, 1.165) is 43.0 Å². The summed E-state index contributed by atoms with van der Waals surface area (Å²) in [7, 11) is 1.64. The zero-order chi connectivity index (χ0) is 16.4. The van der Waals surface area contributed by atoms with E-state index in [2.05, 4.69) is 24.1 Å². The fourth-order valence-electron chi connectivity index (χ4n) is 3.34. The number of hydrogen-bond donors (Lipinski definition) is 1. The number of fused-ring (bicyclic) bond motifs is 1. The molecule has 0 bridgehead atoms. The summed E-state index contributed by atoms with van der Waals surface area (Å²) in [6.45, 7) is 6.85. The lowest BCUT2D eigenvalue weighted by atomic mass is 9.95. The number of amides is 1. The quantitative estimate of drug-likeness (QED) is 0.920. The van der Waals surface area contributed by atoms with Crippen LogP contribution in [-0.4, -0.2) is 49.7 Å². The van der Waals surface area contributed by atoms with Crippen molar-refractivity contribution in [3.05, 3.63) is 23.8 Å². The molecule has 1 amide bonds. The fourth-order valence-corrected chi connectivity index (χ4v) is 3.34. The van der Waals surface area contributed by atoms with Crippen LogP contribution in [0.15, 0.2) is 18.2 Å². The number of nitrogens with one attached hydrogen (secondary N) is 1. The Kier molecular flexibility index (Phi) is 4.76. The maximum atomic E-state index is 12.5. The van der Waals surface area contributed by atoms with Gasteiger partial charge in [-0.15, -0.1) is 0 Å². The lowest BCUT2D eigenvalue weighted by molar-refractivity contribution is -0.126. The van der Waals surface area contributed by atoms with Crippen LogP contribution in [0.1, 0.15) is 25.8 Å². The molecule has 1 fully saturated rings. The Morgan fingerprint density at radius 1 is 1.43 bits per heavy atom. The van der Waals surface area contributed by atoms with Crippen molar-refractivity contribution in [2.45, 2.75) is 38.8 Å². The van der Waals surface area contributed by atoms with Crippen molar-refractivity contribution in [1.29, 1.82) is 0 Å². The average Bonchev–Trinajstić information content (AvgIpc) is 3.02. The van der Waals surface area contributed by atoms with Gasteiger partial charge in [0.05, 0.1) is 13.0 Å². The molecule has 0 spiro atoms. The van der Waals surface area contributed by atoms with Gasteiger partial charge in [-0.1, -0.05) is 6.07 Å². The SMILES string of the molecule is COc1ccc2c(c1)OC[C@@H](C(=O)N[C@@H]1CCN(C(C)C)C1)C2. The maximum Gasteiger partial charge on any atom is 0.227 e. The first-order valence-corrected chi connectivity index (χ1v) is 8.41. The van der Waals surface area contributed by atoms with Crippen LogP contribution in [0.4, 0.5) is 0 Å². The second-order valence-corrected chi connectivity index (χ2v) is 6.77. The molecule has 0 aromatic heterocycles. The van der Waals surface area contributed by atoms with Gasteiger partial charge in [-0.25, -0.2) is 0 Å². The molecular formula is C18H26N2O3. The van der Waals surface area contributed by atoms with Gasteiger partial charge >= 0.3 is 0 Å². The molecule has 23 heavy (non-hydrogen) atoms. The summed E-state index contributed by atoms with van der Waals surface area (Å²) in [4.78, 5) is 14.9. The lowest BCUT2D eigenvalue weighted by Crippen LogP contribution is -2.44. The van der Waals surface area contributed by atoms with Crippen LogP contribution in [0.3, 0.4) is 0 Å². The molecule has 0 saturated carbocycles. The highest BCUT2D eigenvalue weighted by atomic mass is 16.5. The van der Waals surface area contributed by atoms with Crippen LogP contribution in [-0.2, 0) is 11.2 Å². The summed E-state index contributed by atoms with van der Waals surface area (Å²) in [5.74, 6) is 1.62. The van der Waals surface area contributed by atoms with Crippen molar-refractivity contribution in [1.82, 2.24) is 10.2 Å². The molecule has 1 saturated heterocycles. The van der Waals surface area contributed by atoms with Gasteiger partial charge in [0.2, 0.25) is 5.91 Å². The first kappa shape index (κ1) is 16.1. The Hall–Kier alpha value is -1.75. The number of methoxy groups -OCH3 is 1. The predicted octanol–water partition coefficient (Wildman–Crippen LogP) is 1.85. The fraction of sp³-hybridized carbons (Fsp3) is 0.611. The smallest absolute Gasteiger partial charge is 0.227 e. The van der Waals surface area contributed by atoms with E-state index < -0.39 is 0 Å². The van der Waals surface area contributed by atoms with E-state index in [1.165, 1.54) is 0 Å². The Morgan fingerprint density at radius 3 is 2.96 bits per heavy atom. The third-order valence-corrected chi connectivity index (χ3v) is 4.85. The van der Waals surface area contributed by atoms with E-state index in [-0.39, 0.29) is 17.9 Å². The Morgan fingerprint density at radius 2 is 2.26 bits per heavy atom. The van der Waals surface area contributed by atoms with E-state index in [9.17, 15) is 4.79 Å². The Balaban J connectivity index is 1.57. The minimum atomic E-state index is -0.107. The van der Waals surface area contributed by atoms with Gasteiger partial charge in [0.15, 0.2) is 0 Å². The molecule has 0 aliphatic carbocycles. The normalized spacial score (nSPS) is 24.2. The molecule has 0 radical (unpaired) electrons. The molecule has 2 atom stereocenters. The Labute approximate surface area is 137 Å². The maximum absolute atomic E-state index is 12.5. The van der Waals surface area contributed by atoms with Gasteiger partial charge in [-0.2, -0.15) is 0 Å². The van der Waals surface area contributed by atoms with Gasteiger partial charge < -0.3 is 14.8 Å². The molecule has 2 aliphatic rings. The topological polar surface area (TPSA) is 50.8 Å². The molecule has 2 aliphatic heterocycles. The first-order valence-electron chi connectivity index (χ1n) is 8.41. The Bertz CT molecular complexity index is 573. The number of carbonyl (C=O) groups is 1. The van der Waals surface area contributed by atoms with Crippen LogP contribution in [0.2, 0.25) is 0 Å². The number of rotatable bonds is 4. The minimum absolute atomic E-state index is 0.107. The molecule has 3 rings (SSSR count). The van der Waals surface area contributed by atoms with E-state index in [4.69, 9.17) is 9.47 Å². The highest BCUT2D eigenvalue weighted by Gasteiger charge is 2.30. The third-order valence-electron chi connectivity index (χ3n) is 4.85. The van der Waals surface area contributed by atoms with Crippen LogP contribution in [0.25, 0.3) is 0 Å². The van der Waals surface area contributed by atoms with Gasteiger partial charge in [0.25, 0.3) is 0 Å². The summed E-state index contributed by atoms with van der Waals surface area (Å²) in [5, 5.41) is 3.20. The molecule has 5 nitrogen and oxygen atoms in total. The number of nitrogens with zero attached hydrogens (tertiary/aromatic N) is 1. The minimum Gasteiger partial charge on any atom is -0.497 e. The zero-order valence-electron chi connectivity index (χ0n) is 14.2. The standard InChI is InChI=1S/C18H26N2O3/c1-12(2)20-7-6-15(10-20)19-18(21)14-8-13-4-5-16(22-3)9-17(13)23-11-14/h4-5,9,12,14-15H,6-8,10-11H2,1-3H3,(H,19,21)/t14-,15+/m0/s1. The highest BCUT2D eigenvalue weighted by Crippen LogP contribution is 2.31. The van der Waals surface area contributed by atoms with Crippen molar-refractivity contribution in [3.8, 4) is 11.5 Å². The average molecular weight is 318 g/mol. The van der Waals surface area contributed by atoms with Crippen molar-refractivity contribution >= 4 is 5.91 Å². The van der Waals surface area contributed by atoms with Crippen LogP contribution in [0.5, 0.6) is 11.5 Å². The van der Waals surface area contributed by atoms with Gasteiger partial charge in [0.1, 0.15) is 18.1 Å². The van der Waals surface area contributed by atoms with Crippen molar-refractivity contribution in [2.75, 3.05) is 26.8 Å². The lowest BCUT2D eigenvalue weighted by Gasteiger charge is -2.26. The van der Waals surface area contributed by atoms with Crippen LogP contribution in [0, 0.1) is 5.92 Å². The van der Waals surface area contributed by atoms with Crippen LogP contribution >= 0.6 is 0 Å². The number of carbonyl (C=O) groups excluding carboxylic acids is 1. The first-order chi connectivity index (χ1) is 11.1. The molecule has 2 heterocycles. The van der Waals surface area contributed by atoms with Crippen molar-refractivity contribution < 1.29 is 14.3 Å². The van der Waals surface area contributed by atoms with Gasteiger partial charge in [-0.05, 0) is 38.3 Å². The summed E-state index contributed by atoms with van der Waals surface area (Å²) in [6.07, 6.45) is 1.76. The largest absolute Gasteiger partial charge is 0.497 e. The van der Waals surface area contributed by atoms with E-state index in [0.29, 0.717) is 12.6 Å². The summed E-state index contributed by atoms with van der Waals surface area (Å²) >= 11 is 0. The number of benzene rings is 1. The van der Waals surface area contributed by atoms with Gasteiger partial charge in [-0.3, -0.25) is 9.69 Å². The molecule has 1 aromatic rings. The molecule has 5 heteroatoms. The summed E-state index contributed by atoms with van der Waals surface area (Å²) < 4.78 is 11.0. The predicted molar refractivity (Wildman–Crippen MR) is 88.9 cm³/mol. The van der Waals surface area contributed by atoms with E-state index >= 15 is 0 Å². The molecular weight excluding hydrogens is 292 g/mol. The zero-order valence-corrected chi connectivity index (χ0v) is 14.2. The molecule has 1 aromatic carbocycles. The number of hydrogen-bond acceptors (Lipinski definition) is 4. The van der Waals surface area contributed by atoms with E-state index in [1.807, 2.05) is 18.2 Å². The summed E-state index contributed by atoms with van der Waals surface area (Å²) in [5.41, 5.74) is 1.08. The number of likely N-dealkylation sites (tertiary alicyclic amines) is 1. The third kappa shape index (κ3) is 3.61. The summed E-state index contributed by atoms with van der Waals surface area (Å²) in [6, 6.07) is 6.60. The molecule has 0 unspecified atom stereocenters. The van der Waals surface area contributed by atoms with Crippen LogP contribution < -0.4 is 14.8 Å². The monoisotopic (exact) mass is 318 g/mol. The number of ether oxygens (including phenoxy) is 2. The van der Waals surface area contributed by atoms with E-state index in [1.54, 1.807) is 7.11 Å². The highest BCUT2D eigenvalue weighted by molar-refractivity contribution is 5.80. The van der Waals surface area contributed by atoms with Crippen molar-refractivity contribution in [2.24, 2.45) is 5.92 Å². The van der Waals surface area contributed by atoms with Gasteiger partial charge in [0, 0.05) is 31.2 Å². The second-order valence-electron chi connectivity index (χ2n) is 6.77. The molecule has 126 valence electrons. The van der Waals surface area contributed by atoms with Crippen molar-refractivity contribution in [3.63, 3.8) is 0 Å². The molecule has 1 N–H and O–H groups in total. The second kappa shape index (κ2) is 6.79.